The Morgan fingerprint density at radius 3 is 2.68 bits per heavy atom. The minimum absolute atomic E-state index is 0.0124. The Kier molecular flexibility index (Phi) is 7.14. The van der Waals surface area contributed by atoms with E-state index < -0.39 is 0 Å². The number of carbonyl (C=O) groups is 2. The molecule has 4 rings (SSSR count). The summed E-state index contributed by atoms with van der Waals surface area (Å²) in [6, 6.07) is 15.8. The maximum atomic E-state index is 12.7. The lowest BCUT2D eigenvalue weighted by molar-refractivity contribution is -0.118. The Morgan fingerprint density at radius 2 is 1.94 bits per heavy atom. The standard InChI is InChI=1S/C24H30N4O2S/c1-2-27(19-9-5-3-6-10-19)16-13-25-22(29)18-11-12-21-20(17-18)26-23(30)24(31-21)28-14-7-4-8-15-28/h3,5-6,9-12,17,24H,2,4,7-8,13-16H2,1H3,(H,25,29)(H,26,30)/t24-/m0/s1. The zero-order valence-corrected chi connectivity index (χ0v) is 18.8. The van der Waals surface area contributed by atoms with Gasteiger partial charge in [-0.05, 0) is 63.2 Å². The number of nitrogens with one attached hydrogen (secondary N) is 2. The molecule has 31 heavy (non-hydrogen) atoms. The van der Waals surface area contributed by atoms with Crippen molar-refractivity contribution in [1.29, 1.82) is 0 Å². The number of carbonyl (C=O) groups excluding carboxylic acids is 2. The van der Waals surface area contributed by atoms with Crippen molar-refractivity contribution in [3.05, 3.63) is 54.1 Å². The molecule has 1 fully saturated rings. The van der Waals surface area contributed by atoms with Gasteiger partial charge in [0.2, 0.25) is 0 Å². The van der Waals surface area contributed by atoms with Gasteiger partial charge in [-0.1, -0.05) is 36.4 Å². The molecule has 2 aromatic rings. The molecule has 0 aliphatic carbocycles. The topological polar surface area (TPSA) is 64.7 Å². The number of para-hydroxylation sites is 1. The zero-order valence-electron chi connectivity index (χ0n) is 18.0. The van der Waals surface area contributed by atoms with E-state index in [1.165, 1.54) is 6.42 Å². The molecule has 2 aromatic carbocycles. The van der Waals surface area contributed by atoms with E-state index in [4.69, 9.17) is 0 Å². The molecule has 2 amide bonds. The predicted octanol–water partition coefficient (Wildman–Crippen LogP) is 3.80. The van der Waals surface area contributed by atoms with Crippen LogP contribution in [0.15, 0.2) is 53.4 Å². The highest BCUT2D eigenvalue weighted by molar-refractivity contribution is 8.00. The smallest absolute Gasteiger partial charge is 0.252 e. The Morgan fingerprint density at radius 1 is 1.16 bits per heavy atom. The fraction of sp³-hybridized carbons (Fsp3) is 0.417. The van der Waals surface area contributed by atoms with Crippen molar-refractivity contribution in [2.75, 3.05) is 42.9 Å². The first-order valence-corrected chi connectivity index (χ1v) is 12.0. The lowest BCUT2D eigenvalue weighted by atomic mass is 10.1. The van der Waals surface area contributed by atoms with Crippen LogP contribution < -0.4 is 15.5 Å². The first-order valence-electron chi connectivity index (χ1n) is 11.1. The highest BCUT2D eigenvalue weighted by Crippen LogP contribution is 2.38. The second-order valence-electron chi connectivity index (χ2n) is 7.94. The number of thioether (sulfide) groups is 1. The molecule has 7 heteroatoms. The Balaban J connectivity index is 1.35. The highest BCUT2D eigenvalue weighted by atomic mass is 32.2. The Bertz CT molecular complexity index is 915. The van der Waals surface area contributed by atoms with Gasteiger partial charge in [-0.2, -0.15) is 0 Å². The average Bonchev–Trinajstić information content (AvgIpc) is 2.82. The number of hydrogen-bond donors (Lipinski definition) is 2. The van der Waals surface area contributed by atoms with Gasteiger partial charge in [-0.15, -0.1) is 0 Å². The van der Waals surface area contributed by atoms with E-state index in [2.05, 4.69) is 39.5 Å². The molecule has 6 nitrogen and oxygen atoms in total. The first-order chi connectivity index (χ1) is 15.2. The number of piperidine rings is 1. The van der Waals surface area contributed by atoms with Crippen LogP contribution in [0.4, 0.5) is 11.4 Å². The molecule has 0 radical (unpaired) electrons. The van der Waals surface area contributed by atoms with Gasteiger partial charge < -0.3 is 15.5 Å². The molecule has 2 heterocycles. The number of fused-ring (bicyclic) bond motifs is 1. The van der Waals surface area contributed by atoms with Crippen LogP contribution in [0.5, 0.6) is 0 Å². The summed E-state index contributed by atoms with van der Waals surface area (Å²) in [4.78, 5) is 30.9. The van der Waals surface area contributed by atoms with Gasteiger partial charge in [-0.3, -0.25) is 14.5 Å². The zero-order chi connectivity index (χ0) is 21.6. The molecule has 1 saturated heterocycles. The molecule has 2 N–H and O–H groups in total. The molecule has 164 valence electrons. The predicted molar refractivity (Wildman–Crippen MR) is 127 cm³/mol. The number of likely N-dealkylation sites (N-methyl/N-ethyl adjacent to an activating group) is 1. The first kappa shape index (κ1) is 21.7. The van der Waals surface area contributed by atoms with Gasteiger partial charge in [0, 0.05) is 35.8 Å². The quantitative estimate of drug-likeness (QED) is 0.688. The van der Waals surface area contributed by atoms with Gasteiger partial charge in [0.25, 0.3) is 11.8 Å². The van der Waals surface area contributed by atoms with E-state index in [9.17, 15) is 9.59 Å². The van der Waals surface area contributed by atoms with Crippen molar-refractivity contribution in [2.24, 2.45) is 0 Å². The van der Waals surface area contributed by atoms with E-state index in [1.807, 2.05) is 30.3 Å². The second-order valence-corrected chi connectivity index (χ2v) is 9.06. The summed E-state index contributed by atoms with van der Waals surface area (Å²) in [5.41, 5.74) is 2.45. The maximum absolute atomic E-state index is 12.7. The lowest BCUT2D eigenvalue weighted by Gasteiger charge is -2.35. The third-order valence-corrected chi connectivity index (χ3v) is 7.20. The molecule has 2 aliphatic heterocycles. The summed E-state index contributed by atoms with van der Waals surface area (Å²) in [7, 11) is 0. The van der Waals surface area contributed by atoms with Crippen LogP contribution in [0.25, 0.3) is 0 Å². The summed E-state index contributed by atoms with van der Waals surface area (Å²) in [6.45, 7) is 6.21. The maximum Gasteiger partial charge on any atom is 0.252 e. The normalized spacial score (nSPS) is 18.7. The van der Waals surface area contributed by atoms with E-state index in [1.54, 1.807) is 17.8 Å². The van der Waals surface area contributed by atoms with Crippen molar-refractivity contribution >= 4 is 35.0 Å². The molecule has 0 unspecified atom stereocenters. The van der Waals surface area contributed by atoms with E-state index >= 15 is 0 Å². The highest BCUT2D eigenvalue weighted by Gasteiger charge is 2.33. The summed E-state index contributed by atoms with van der Waals surface area (Å²) in [5, 5.41) is 5.85. The van der Waals surface area contributed by atoms with Crippen LogP contribution in [-0.2, 0) is 4.79 Å². The van der Waals surface area contributed by atoms with Gasteiger partial charge in [-0.25, -0.2) is 0 Å². The third-order valence-electron chi connectivity index (χ3n) is 5.86. The lowest BCUT2D eigenvalue weighted by Crippen LogP contribution is -2.46. The number of amides is 2. The van der Waals surface area contributed by atoms with Crippen molar-refractivity contribution in [1.82, 2.24) is 10.2 Å². The fourth-order valence-corrected chi connectivity index (χ4v) is 5.30. The van der Waals surface area contributed by atoms with E-state index in [-0.39, 0.29) is 17.2 Å². The number of rotatable bonds is 7. The molecule has 0 spiro atoms. The number of nitrogens with zero attached hydrogens (tertiary/aromatic N) is 2. The van der Waals surface area contributed by atoms with Crippen molar-refractivity contribution in [3.8, 4) is 0 Å². The van der Waals surface area contributed by atoms with E-state index in [0.29, 0.717) is 12.1 Å². The summed E-state index contributed by atoms with van der Waals surface area (Å²) < 4.78 is 0. The van der Waals surface area contributed by atoms with Crippen LogP contribution in [0.1, 0.15) is 36.5 Å². The minimum atomic E-state index is -0.175. The molecule has 0 saturated carbocycles. The number of benzene rings is 2. The summed E-state index contributed by atoms with van der Waals surface area (Å²) >= 11 is 1.59. The van der Waals surface area contributed by atoms with Gasteiger partial charge in [0.15, 0.2) is 0 Å². The van der Waals surface area contributed by atoms with Crippen molar-refractivity contribution < 1.29 is 9.59 Å². The molecular formula is C24H30N4O2S. The monoisotopic (exact) mass is 438 g/mol. The molecule has 0 bridgehead atoms. The van der Waals surface area contributed by atoms with Crippen LogP contribution in [0.3, 0.4) is 0 Å². The summed E-state index contributed by atoms with van der Waals surface area (Å²) in [5.74, 6) is -0.109. The number of likely N-dealkylation sites (tertiary alicyclic amines) is 1. The SMILES string of the molecule is CCN(CCNC(=O)c1ccc2c(c1)NC(=O)[C@@H](N1CCCCC1)S2)c1ccccc1. The second kappa shape index (κ2) is 10.2. The fourth-order valence-electron chi connectivity index (χ4n) is 4.15. The minimum Gasteiger partial charge on any atom is -0.370 e. The molecule has 1 atom stereocenters. The summed E-state index contributed by atoms with van der Waals surface area (Å²) in [6.07, 6.45) is 3.54. The van der Waals surface area contributed by atoms with Crippen LogP contribution in [-0.4, -0.2) is 54.8 Å². The number of hydrogen-bond acceptors (Lipinski definition) is 5. The van der Waals surface area contributed by atoms with Gasteiger partial charge >= 0.3 is 0 Å². The van der Waals surface area contributed by atoms with E-state index in [0.717, 1.165) is 55.3 Å². The van der Waals surface area contributed by atoms with Crippen molar-refractivity contribution in [3.63, 3.8) is 0 Å². The Labute approximate surface area is 188 Å². The van der Waals surface area contributed by atoms with Crippen LogP contribution in [0.2, 0.25) is 0 Å². The van der Waals surface area contributed by atoms with Gasteiger partial charge in [0.1, 0.15) is 5.37 Å². The largest absolute Gasteiger partial charge is 0.370 e. The molecular weight excluding hydrogens is 408 g/mol. The van der Waals surface area contributed by atoms with Gasteiger partial charge in [0.05, 0.1) is 5.69 Å². The van der Waals surface area contributed by atoms with Crippen LogP contribution >= 0.6 is 11.8 Å². The molecule has 0 aromatic heterocycles. The average molecular weight is 439 g/mol. The Hall–Kier alpha value is -2.51. The number of anilines is 2. The third kappa shape index (κ3) is 5.22. The molecule has 2 aliphatic rings. The van der Waals surface area contributed by atoms with Crippen molar-refractivity contribution in [2.45, 2.75) is 36.5 Å². The van der Waals surface area contributed by atoms with Crippen LogP contribution in [0, 0.1) is 0 Å².